The van der Waals surface area contributed by atoms with Gasteiger partial charge < -0.3 is 5.32 Å². The van der Waals surface area contributed by atoms with Gasteiger partial charge in [0.1, 0.15) is 0 Å². The standard InChI is InChI=1S/C12H14BrNO/c1-4-5-11(15)14-12-9(3)6-8(2)7-10(12)13/h4,6-7H,1,5H2,2-3H3,(H,14,15). The molecule has 0 saturated carbocycles. The van der Waals surface area contributed by atoms with Crippen LogP contribution in [0.2, 0.25) is 0 Å². The molecule has 0 spiro atoms. The monoisotopic (exact) mass is 267 g/mol. The third-order valence-electron chi connectivity index (χ3n) is 2.03. The Morgan fingerprint density at radius 2 is 2.20 bits per heavy atom. The van der Waals surface area contributed by atoms with Crippen LogP contribution in [0.1, 0.15) is 17.5 Å². The molecule has 0 radical (unpaired) electrons. The van der Waals surface area contributed by atoms with Gasteiger partial charge in [0, 0.05) is 10.9 Å². The van der Waals surface area contributed by atoms with Gasteiger partial charge in [0.2, 0.25) is 5.91 Å². The summed E-state index contributed by atoms with van der Waals surface area (Å²) in [5.74, 6) is -0.0438. The third kappa shape index (κ3) is 3.20. The second-order valence-corrected chi connectivity index (χ2v) is 4.33. The van der Waals surface area contributed by atoms with Crippen molar-refractivity contribution < 1.29 is 4.79 Å². The zero-order chi connectivity index (χ0) is 11.4. The van der Waals surface area contributed by atoms with Crippen LogP contribution in [0.15, 0.2) is 29.3 Å². The topological polar surface area (TPSA) is 29.1 Å². The summed E-state index contributed by atoms with van der Waals surface area (Å²) in [4.78, 5) is 11.4. The summed E-state index contributed by atoms with van der Waals surface area (Å²) in [6.45, 7) is 7.52. The maximum Gasteiger partial charge on any atom is 0.228 e. The largest absolute Gasteiger partial charge is 0.325 e. The lowest BCUT2D eigenvalue weighted by Crippen LogP contribution is -2.11. The number of carbonyl (C=O) groups is 1. The minimum atomic E-state index is -0.0438. The fourth-order valence-electron chi connectivity index (χ4n) is 1.40. The van der Waals surface area contributed by atoms with Gasteiger partial charge in [-0.25, -0.2) is 0 Å². The van der Waals surface area contributed by atoms with E-state index in [-0.39, 0.29) is 5.91 Å². The molecule has 0 bridgehead atoms. The molecule has 2 nitrogen and oxygen atoms in total. The molecule has 0 aliphatic rings. The molecule has 0 unspecified atom stereocenters. The van der Waals surface area contributed by atoms with Crippen LogP contribution in [0.5, 0.6) is 0 Å². The molecule has 0 aromatic heterocycles. The van der Waals surface area contributed by atoms with E-state index >= 15 is 0 Å². The first kappa shape index (κ1) is 12.0. The van der Waals surface area contributed by atoms with Crippen LogP contribution in [0, 0.1) is 13.8 Å². The van der Waals surface area contributed by atoms with Gasteiger partial charge in [0.05, 0.1) is 5.69 Å². The lowest BCUT2D eigenvalue weighted by molar-refractivity contribution is -0.115. The average molecular weight is 268 g/mol. The summed E-state index contributed by atoms with van der Waals surface area (Å²) >= 11 is 3.44. The van der Waals surface area contributed by atoms with Crippen molar-refractivity contribution in [3.63, 3.8) is 0 Å². The Labute approximate surface area is 98.5 Å². The molecule has 0 aliphatic carbocycles. The van der Waals surface area contributed by atoms with Gasteiger partial charge in [-0.05, 0) is 47.0 Å². The maximum atomic E-state index is 11.4. The first-order valence-corrected chi connectivity index (χ1v) is 5.51. The summed E-state index contributed by atoms with van der Waals surface area (Å²) in [5, 5.41) is 2.85. The van der Waals surface area contributed by atoms with Crippen molar-refractivity contribution in [2.75, 3.05) is 5.32 Å². The van der Waals surface area contributed by atoms with E-state index in [1.807, 2.05) is 26.0 Å². The zero-order valence-corrected chi connectivity index (χ0v) is 10.5. The minimum Gasteiger partial charge on any atom is -0.325 e. The van der Waals surface area contributed by atoms with E-state index in [0.29, 0.717) is 6.42 Å². The number of hydrogen-bond donors (Lipinski definition) is 1. The number of nitrogens with one attached hydrogen (secondary N) is 1. The molecule has 15 heavy (non-hydrogen) atoms. The molecule has 0 aliphatic heterocycles. The number of hydrogen-bond acceptors (Lipinski definition) is 1. The highest BCUT2D eigenvalue weighted by molar-refractivity contribution is 9.10. The van der Waals surface area contributed by atoms with Crippen molar-refractivity contribution in [2.24, 2.45) is 0 Å². The average Bonchev–Trinajstić information content (AvgIpc) is 2.11. The Morgan fingerprint density at radius 3 is 2.73 bits per heavy atom. The number of rotatable bonds is 3. The lowest BCUT2D eigenvalue weighted by atomic mass is 10.1. The Balaban J connectivity index is 2.94. The molecule has 0 fully saturated rings. The number of amides is 1. The van der Waals surface area contributed by atoms with Gasteiger partial charge in [-0.15, -0.1) is 6.58 Å². The fraction of sp³-hybridized carbons (Fsp3) is 0.250. The SMILES string of the molecule is C=CCC(=O)Nc1c(C)cc(C)cc1Br. The molecule has 1 N–H and O–H groups in total. The maximum absolute atomic E-state index is 11.4. The highest BCUT2D eigenvalue weighted by Crippen LogP contribution is 2.27. The van der Waals surface area contributed by atoms with Crippen molar-refractivity contribution in [1.82, 2.24) is 0 Å². The molecule has 0 atom stereocenters. The smallest absolute Gasteiger partial charge is 0.228 e. The van der Waals surface area contributed by atoms with Gasteiger partial charge in [-0.2, -0.15) is 0 Å². The van der Waals surface area contributed by atoms with Crippen LogP contribution in [0.25, 0.3) is 0 Å². The Hall–Kier alpha value is -1.09. The van der Waals surface area contributed by atoms with Crippen molar-refractivity contribution in [3.05, 3.63) is 40.4 Å². The van der Waals surface area contributed by atoms with Gasteiger partial charge in [0.25, 0.3) is 0 Å². The predicted octanol–water partition coefficient (Wildman–Crippen LogP) is 3.58. The lowest BCUT2D eigenvalue weighted by Gasteiger charge is -2.10. The van der Waals surface area contributed by atoms with Gasteiger partial charge in [-0.1, -0.05) is 12.1 Å². The summed E-state index contributed by atoms with van der Waals surface area (Å²) < 4.78 is 0.914. The Morgan fingerprint density at radius 1 is 1.53 bits per heavy atom. The van der Waals surface area contributed by atoms with Crippen LogP contribution in [0.4, 0.5) is 5.69 Å². The summed E-state index contributed by atoms with van der Waals surface area (Å²) in [7, 11) is 0. The molecule has 1 aromatic carbocycles. The molecular formula is C12H14BrNO. The second kappa shape index (κ2) is 5.12. The van der Waals surface area contributed by atoms with Crippen LogP contribution >= 0.6 is 15.9 Å². The fourth-order valence-corrected chi connectivity index (χ4v) is 2.17. The number of anilines is 1. The van der Waals surface area contributed by atoms with Gasteiger partial charge in [-0.3, -0.25) is 4.79 Å². The second-order valence-electron chi connectivity index (χ2n) is 3.48. The number of carbonyl (C=O) groups excluding carboxylic acids is 1. The molecule has 1 amide bonds. The molecule has 3 heteroatoms. The van der Waals surface area contributed by atoms with E-state index in [4.69, 9.17) is 0 Å². The highest BCUT2D eigenvalue weighted by Gasteiger charge is 2.07. The predicted molar refractivity (Wildman–Crippen MR) is 67.1 cm³/mol. The van der Waals surface area contributed by atoms with Crippen molar-refractivity contribution in [2.45, 2.75) is 20.3 Å². The van der Waals surface area contributed by atoms with Crippen LogP contribution in [-0.2, 0) is 4.79 Å². The van der Waals surface area contributed by atoms with Crippen LogP contribution < -0.4 is 5.32 Å². The molecule has 0 saturated heterocycles. The highest BCUT2D eigenvalue weighted by atomic mass is 79.9. The molecular weight excluding hydrogens is 254 g/mol. The van der Waals surface area contributed by atoms with E-state index in [2.05, 4.69) is 27.8 Å². The Bertz CT molecular complexity index is 376. The van der Waals surface area contributed by atoms with E-state index in [9.17, 15) is 4.79 Å². The van der Waals surface area contributed by atoms with E-state index < -0.39 is 0 Å². The minimum absolute atomic E-state index is 0.0438. The summed E-state index contributed by atoms with van der Waals surface area (Å²) in [6, 6.07) is 4.02. The molecule has 1 rings (SSSR count). The van der Waals surface area contributed by atoms with Crippen molar-refractivity contribution in [3.8, 4) is 0 Å². The van der Waals surface area contributed by atoms with Gasteiger partial charge in [0.15, 0.2) is 0 Å². The zero-order valence-electron chi connectivity index (χ0n) is 8.93. The van der Waals surface area contributed by atoms with Gasteiger partial charge >= 0.3 is 0 Å². The van der Waals surface area contributed by atoms with E-state index in [1.54, 1.807) is 6.08 Å². The molecule has 1 aromatic rings. The first-order chi connectivity index (χ1) is 7.04. The van der Waals surface area contributed by atoms with Crippen LogP contribution in [0.3, 0.4) is 0 Å². The van der Waals surface area contributed by atoms with Crippen molar-refractivity contribution >= 4 is 27.5 Å². The van der Waals surface area contributed by atoms with E-state index in [0.717, 1.165) is 15.7 Å². The van der Waals surface area contributed by atoms with Crippen molar-refractivity contribution in [1.29, 1.82) is 0 Å². The molecule has 80 valence electrons. The summed E-state index contributed by atoms with van der Waals surface area (Å²) in [6.07, 6.45) is 1.92. The third-order valence-corrected chi connectivity index (χ3v) is 2.65. The quantitative estimate of drug-likeness (QED) is 0.834. The number of aryl methyl sites for hydroxylation is 2. The summed E-state index contributed by atoms with van der Waals surface area (Å²) in [5.41, 5.74) is 3.06. The molecule has 0 heterocycles. The first-order valence-electron chi connectivity index (χ1n) is 4.72. The number of benzene rings is 1. The number of halogens is 1. The van der Waals surface area contributed by atoms with E-state index in [1.165, 1.54) is 5.56 Å². The van der Waals surface area contributed by atoms with Crippen LogP contribution in [-0.4, -0.2) is 5.91 Å². The Kier molecular flexibility index (Phi) is 4.09. The normalized spacial score (nSPS) is 9.80.